The van der Waals surface area contributed by atoms with Crippen molar-refractivity contribution in [3.05, 3.63) is 52.0 Å². The second-order valence-electron chi connectivity index (χ2n) is 9.53. The lowest BCUT2D eigenvalue weighted by Crippen LogP contribution is -2.52. The van der Waals surface area contributed by atoms with Crippen molar-refractivity contribution in [1.82, 2.24) is 10.2 Å². The first kappa shape index (κ1) is 28.3. The Morgan fingerprint density at radius 2 is 1.71 bits per heavy atom. The van der Waals surface area contributed by atoms with Crippen LogP contribution >= 0.6 is 23.2 Å². The largest absolute Gasteiger partial charge is 0.486 e. The van der Waals surface area contributed by atoms with Crippen LogP contribution in [0.2, 0.25) is 10.0 Å². The van der Waals surface area contributed by atoms with E-state index < -0.39 is 28.5 Å². The third kappa shape index (κ3) is 6.84. The minimum Gasteiger partial charge on any atom is -0.486 e. The van der Waals surface area contributed by atoms with E-state index in [4.69, 9.17) is 32.7 Å². The van der Waals surface area contributed by atoms with Gasteiger partial charge in [0.05, 0.1) is 22.0 Å². The molecule has 1 aliphatic carbocycles. The van der Waals surface area contributed by atoms with Crippen molar-refractivity contribution in [1.29, 1.82) is 0 Å². The summed E-state index contributed by atoms with van der Waals surface area (Å²) in [5, 5.41) is 3.70. The number of hydrogen-bond acceptors (Lipinski definition) is 6. The Hall–Kier alpha value is -2.69. The molecule has 1 saturated carbocycles. The molecule has 1 N–H and O–H groups in total. The van der Waals surface area contributed by atoms with Crippen LogP contribution in [0.25, 0.3) is 0 Å². The van der Waals surface area contributed by atoms with Gasteiger partial charge in [0.15, 0.2) is 11.5 Å². The average Bonchev–Trinajstić information content (AvgIpc) is 3.39. The third-order valence-electron chi connectivity index (χ3n) is 6.70. The molecule has 2 amide bonds. The molecule has 2 aliphatic rings. The average molecular weight is 585 g/mol. The molecule has 1 fully saturated rings. The molecular weight excluding hydrogens is 553 g/mol. The van der Waals surface area contributed by atoms with Crippen molar-refractivity contribution < 1.29 is 27.5 Å². The van der Waals surface area contributed by atoms with E-state index in [0.717, 1.165) is 36.2 Å². The number of nitrogens with zero attached hydrogens (tertiary/aromatic N) is 2. The molecule has 2 aromatic rings. The molecule has 0 unspecified atom stereocenters. The second kappa shape index (κ2) is 12.0. The maximum absolute atomic E-state index is 13.7. The van der Waals surface area contributed by atoms with Crippen LogP contribution in [-0.2, 0) is 26.2 Å². The van der Waals surface area contributed by atoms with E-state index in [-0.39, 0.29) is 24.2 Å². The van der Waals surface area contributed by atoms with Crippen LogP contribution in [0.15, 0.2) is 36.4 Å². The van der Waals surface area contributed by atoms with Gasteiger partial charge in [0.25, 0.3) is 0 Å². The highest BCUT2D eigenvalue weighted by Gasteiger charge is 2.32. The number of benzene rings is 2. The molecule has 0 saturated heterocycles. The lowest BCUT2D eigenvalue weighted by Gasteiger charge is -2.32. The van der Waals surface area contributed by atoms with Crippen LogP contribution in [-0.4, -0.2) is 63.2 Å². The molecule has 206 valence electrons. The van der Waals surface area contributed by atoms with E-state index >= 15 is 0 Å². The lowest BCUT2D eigenvalue weighted by molar-refractivity contribution is -0.139. The Bertz CT molecular complexity index is 1300. The Morgan fingerprint density at radius 3 is 2.37 bits per heavy atom. The van der Waals surface area contributed by atoms with E-state index in [1.54, 1.807) is 37.3 Å². The monoisotopic (exact) mass is 583 g/mol. The van der Waals surface area contributed by atoms with Crippen molar-refractivity contribution in [2.45, 2.75) is 51.2 Å². The number of carbonyl (C=O) groups is 2. The SMILES string of the molecule is C[C@H](C(=O)NC1CCCC1)N(Cc1ccc(Cl)c(Cl)c1)C(=O)CN(c1ccc2c(c1)OCCO2)S(C)(=O)=O. The molecule has 0 radical (unpaired) electrons. The zero-order chi connectivity index (χ0) is 27.4. The van der Waals surface area contributed by atoms with E-state index in [9.17, 15) is 18.0 Å². The van der Waals surface area contributed by atoms with Gasteiger partial charge in [-0.2, -0.15) is 0 Å². The van der Waals surface area contributed by atoms with Crippen LogP contribution in [0.4, 0.5) is 5.69 Å². The molecule has 38 heavy (non-hydrogen) atoms. The number of ether oxygens (including phenoxy) is 2. The van der Waals surface area contributed by atoms with Crippen molar-refractivity contribution in [3.8, 4) is 11.5 Å². The van der Waals surface area contributed by atoms with Gasteiger partial charge in [0, 0.05) is 18.7 Å². The number of halogens is 2. The summed E-state index contributed by atoms with van der Waals surface area (Å²) in [5.74, 6) is 0.0473. The minimum absolute atomic E-state index is 0.0354. The molecule has 2 aromatic carbocycles. The predicted octanol–water partition coefficient (Wildman–Crippen LogP) is 4.01. The van der Waals surface area contributed by atoms with Crippen molar-refractivity contribution in [3.63, 3.8) is 0 Å². The molecule has 12 heteroatoms. The molecule has 0 aromatic heterocycles. The summed E-state index contributed by atoms with van der Waals surface area (Å²) in [4.78, 5) is 28.2. The highest BCUT2D eigenvalue weighted by molar-refractivity contribution is 7.92. The first-order valence-electron chi connectivity index (χ1n) is 12.4. The summed E-state index contributed by atoms with van der Waals surface area (Å²) in [6.45, 7) is 1.88. The molecule has 1 heterocycles. The summed E-state index contributed by atoms with van der Waals surface area (Å²) in [7, 11) is -3.87. The van der Waals surface area contributed by atoms with Crippen LogP contribution in [0.1, 0.15) is 38.2 Å². The van der Waals surface area contributed by atoms with Gasteiger partial charge in [0.2, 0.25) is 21.8 Å². The molecule has 4 rings (SSSR count). The normalized spacial score (nSPS) is 16.1. The highest BCUT2D eigenvalue weighted by atomic mass is 35.5. The van der Waals surface area contributed by atoms with Crippen molar-refractivity contribution >= 4 is 50.7 Å². The smallest absolute Gasteiger partial charge is 0.244 e. The molecule has 1 atom stereocenters. The zero-order valence-electron chi connectivity index (χ0n) is 21.3. The Kier molecular flexibility index (Phi) is 8.95. The van der Waals surface area contributed by atoms with Gasteiger partial charge in [-0.25, -0.2) is 8.42 Å². The molecule has 9 nitrogen and oxygen atoms in total. The fourth-order valence-corrected chi connectivity index (χ4v) is 5.77. The van der Waals surface area contributed by atoms with Crippen molar-refractivity contribution in [2.24, 2.45) is 0 Å². The van der Waals surface area contributed by atoms with Gasteiger partial charge in [-0.15, -0.1) is 0 Å². The number of amides is 2. The van der Waals surface area contributed by atoms with E-state index in [1.165, 1.54) is 11.0 Å². The maximum Gasteiger partial charge on any atom is 0.244 e. The lowest BCUT2D eigenvalue weighted by atomic mass is 10.1. The Morgan fingerprint density at radius 1 is 1.03 bits per heavy atom. The predicted molar refractivity (Wildman–Crippen MR) is 146 cm³/mol. The third-order valence-corrected chi connectivity index (χ3v) is 8.58. The molecule has 1 aliphatic heterocycles. The minimum atomic E-state index is -3.87. The highest BCUT2D eigenvalue weighted by Crippen LogP contribution is 2.35. The summed E-state index contributed by atoms with van der Waals surface area (Å²) in [6.07, 6.45) is 4.90. The summed E-state index contributed by atoms with van der Waals surface area (Å²) in [6, 6.07) is 8.85. The van der Waals surface area contributed by atoms with Gasteiger partial charge < -0.3 is 19.7 Å². The van der Waals surface area contributed by atoms with Crippen LogP contribution in [0.3, 0.4) is 0 Å². The summed E-state index contributed by atoms with van der Waals surface area (Å²) >= 11 is 12.2. The first-order valence-corrected chi connectivity index (χ1v) is 15.0. The van der Waals surface area contributed by atoms with Crippen molar-refractivity contribution in [2.75, 3.05) is 30.3 Å². The van der Waals surface area contributed by atoms with E-state index in [1.807, 2.05) is 0 Å². The number of nitrogens with one attached hydrogen (secondary N) is 1. The maximum atomic E-state index is 13.7. The van der Waals surface area contributed by atoms with Crippen LogP contribution in [0, 0.1) is 0 Å². The number of rotatable bonds is 9. The second-order valence-corrected chi connectivity index (χ2v) is 12.3. The van der Waals surface area contributed by atoms with Gasteiger partial charge in [-0.05, 0) is 49.6 Å². The number of sulfonamides is 1. The Labute approximate surface area is 233 Å². The van der Waals surface area contributed by atoms with Gasteiger partial charge >= 0.3 is 0 Å². The van der Waals surface area contributed by atoms with E-state index in [2.05, 4.69) is 5.32 Å². The summed E-state index contributed by atoms with van der Waals surface area (Å²) < 4.78 is 37.7. The summed E-state index contributed by atoms with van der Waals surface area (Å²) in [5.41, 5.74) is 0.904. The fraction of sp³-hybridized carbons (Fsp3) is 0.462. The quantitative estimate of drug-likeness (QED) is 0.478. The number of hydrogen-bond donors (Lipinski definition) is 1. The molecular formula is C26H31Cl2N3O6S. The number of fused-ring (bicyclic) bond motifs is 1. The number of anilines is 1. The van der Waals surface area contributed by atoms with Gasteiger partial charge in [0.1, 0.15) is 25.8 Å². The van der Waals surface area contributed by atoms with Crippen LogP contribution in [0.5, 0.6) is 11.5 Å². The fourth-order valence-electron chi connectivity index (χ4n) is 4.61. The first-order chi connectivity index (χ1) is 18.0. The topological polar surface area (TPSA) is 105 Å². The molecule has 0 bridgehead atoms. The zero-order valence-corrected chi connectivity index (χ0v) is 23.6. The van der Waals surface area contributed by atoms with E-state index in [0.29, 0.717) is 40.3 Å². The standard InChI is InChI=1S/C26H31Cl2N3O6S/c1-17(26(33)29-19-5-3-4-6-19)30(15-18-7-9-21(27)22(28)13-18)25(32)16-31(38(2,34)35)20-8-10-23-24(14-20)37-12-11-36-23/h7-10,13-14,17,19H,3-6,11-12,15-16H2,1-2H3,(H,29,33)/t17-/m1/s1. The van der Waals surface area contributed by atoms with Gasteiger partial charge in [-0.1, -0.05) is 42.1 Å². The van der Waals surface area contributed by atoms with Gasteiger partial charge in [-0.3, -0.25) is 13.9 Å². The Balaban J connectivity index is 1.61. The number of carbonyl (C=O) groups excluding carboxylic acids is 2. The molecule has 0 spiro atoms. The van der Waals surface area contributed by atoms with Crippen LogP contribution < -0.4 is 19.1 Å².